The van der Waals surface area contributed by atoms with Gasteiger partial charge in [0.1, 0.15) is 5.84 Å². The number of carbonyl (C=O) groups excluding carboxylic acids is 2. The first-order chi connectivity index (χ1) is 12.1. The number of rotatable bonds is 5. The van der Waals surface area contributed by atoms with Gasteiger partial charge in [-0.25, -0.2) is 4.79 Å². The molecule has 0 aliphatic carbocycles. The summed E-state index contributed by atoms with van der Waals surface area (Å²) in [4.78, 5) is 25.6. The lowest BCUT2D eigenvalue weighted by Crippen LogP contribution is -2.51. The van der Waals surface area contributed by atoms with E-state index in [0.29, 0.717) is 23.6 Å². The topological polar surface area (TPSA) is 158 Å². The van der Waals surface area contributed by atoms with Crippen LogP contribution in [0.15, 0.2) is 12.3 Å². The average molecular weight is 386 g/mol. The Morgan fingerprint density at radius 3 is 2.85 bits per heavy atom. The smallest absolute Gasteiger partial charge is 0.313 e. The fourth-order valence-electron chi connectivity index (χ4n) is 3.13. The second kappa shape index (κ2) is 6.66. The molecule has 0 saturated carbocycles. The van der Waals surface area contributed by atoms with Crippen LogP contribution in [0.3, 0.4) is 0 Å². The number of nitrogens with one attached hydrogen (secondary N) is 2. The number of hydrogen-bond donors (Lipinski definition) is 3. The van der Waals surface area contributed by atoms with Gasteiger partial charge in [0, 0.05) is 19.8 Å². The number of amidine groups is 1. The summed E-state index contributed by atoms with van der Waals surface area (Å²) in [7, 11) is -3.10. The maximum Gasteiger partial charge on any atom is 0.418 e. The molecule has 3 heterocycles. The third-order valence-electron chi connectivity index (χ3n) is 4.22. The highest BCUT2D eigenvalue weighted by Gasteiger charge is 2.48. The molecule has 3 rings (SSSR count). The Morgan fingerprint density at radius 1 is 1.50 bits per heavy atom. The predicted octanol–water partition coefficient (Wildman–Crippen LogP) is -0.941. The van der Waals surface area contributed by atoms with Gasteiger partial charge >= 0.3 is 16.4 Å². The van der Waals surface area contributed by atoms with E-state index in [1.807, 2.05) is 0 Å². The quantitative estimate of drug-likeness (QED) is 0.335. The minimum atomic E-state index is -4.82. The first kappa shape index (κ1) is 18.3. The Balaban J connectivity index is 1.62. The van der Waals surface area contributed by atoms with Crippen molar-refractivity contribution in [2.45, 2.75) is 31.3 Å². The fourth-order valence-corrected chi connectivity index (χ4v) is 3.52. The Morgan fingerprint density at radius 2 is 2.23 bits per heavy atom. The number of amides is 3. The van der Waals surface area contributed by atoms with Gasteiger partial charge in [-0.2, -0.15) is 18.6 Å². The van der Waals surface area contributed by atoms with Crippen molar-refractivity contribution in [3.05, 3.63) is 18.0 Å². The van der Waals surface area contributed by atoms with E-state index in [4.69, 9.17) is 9.96 Å². The first-order valence-corrected chi connectivity index (χ1v) is 9.14. The molecule has 12 nitrogen and oxygen atoms in total. The third-order valence-corrected chi connectivity index (χ3v) is 4.56. The molecule has 1 aromatic heterocycles. The molecule has 26 heavy (non-hydrogen) atoms. The summed E-state index contributed by atoms with van der Waals surface area (Å²) in [5.41, 5.74) is 0.548. The van der Waals surface area contributed by atoms with Gasteiger partial charge in [-0.3, -0.25) is 19.4 Å². The zero-order valence-corrected chi connectivity index (χ0v) is 14.6. The molecule has 2 aliphatic heterocycles. The Kier molecular flexibility index (Phi) is 4.68. The van der Waals surface area contributed by atoms with Crippen LogP contribution in [-0.4, -0.2) is 69.1 Å². The SMILES string of the molecule is Cn1ccc(CC(=O)NC(=N)[C@@H]2CC[C@@H]3CN2C(=O)N3OS(=O)(=O)O)n1. The van der Waals surface area contributed by atoms with Crippen LogP contribution in [0.4, 0.5) is 4.79 Å². The molecular weight excluding hydrogens is 368 g/mol. The van der Waals surface area contributed by atoms with Crippen molar-refractivity contribution in [3.8, 4) is 0 Å². The van der Waals surface area contributed by atoms with Gasteiger partial charge in [0.2, 0.25) is 5.91 Å². The van der Waals surface area contributed by atoms with E-state index in [0.717, 1.165) is 0 Å². The Hall–Kier alpha value is -2.51. The van der Waals surface area contributed by atoms with Crippen LogP contribution in [0.5, 0.6) is 0 Å². The molecule has 0 spiro atoms. The summed E-state index contributed by atoms with van der Waals surface area (Å²) in [5, 5.41) is 15.2. The van der Waals surface area contributed by atoms with Crippen LogP contribution in [-0.2, 0) is 32.9 Å². The number of hydrogen-bond acceptors (Lipinski definition) is 7. The van der Waals surface area contributed by atoms with E-state index < -0.39 is 34.4 Å². The van der Waals surface area contributed by atoms with Crippen molar-refractivity contribution in [1.29, 1.82) is 5.41 Å². The van der Waals surface area contributed by atoms with Crippen molar-refractivity contribution < 1.29 is 26.8 Å². The van der Waals surface area contributed by atoms with Crippen LogP contribution >= 0.6 is 0 Å². The maximum atomic E-state index is 12.3. The second-order valence-corrected chi connectivity index (χ2v) is 7.13. The Bertz CT molecular complexity index is 851. The number of aromatic nitrogens is 2. The van der Waals surface area contributed by atoms with Crippen LogP contribution in [0.1, 0.15) is 18.5 Å². The van der Waals surface area contributed by atoms with Crippen LogP contribution < -0.4 is 5.32 Å². The number of nitrogens with zero attached hydrogens (tertiary/aromatic N) is 4. The monoisotopic (exact) mass is 386 g/mol. The molecule has 3 amide bonds. The van der Waals surface area contributed by atoms with Crippen LogP contribution in [0.2, 0.25) is 0 Å². The number of aryl methyl sites for hydroxylation is 1. The van der Waals surface area contributed by atoms with Crippen molar-refractivity contribution in [3.63, 3.8) is 0 Å². The zero-order chi connectivity index (χ0) is 19.1. The molecule has 142 valence electrons. The van der Waals surface area contributed by atoms with Crippen molar-refractivity contribution in [2.75, 3.05) is 6.54 Å². The van der Waals surface area contributed by atoms with Gasteiger partial charge < -0.3 is 10.2 Å². The minimum absolute atomic E-state index is 0.00942. The summed E-state index contributed by atoms with van der Waals surface area (Å²) < 4.78 is 36.4. The number of piperidine rings is 1. The summed E-state index contributed by atoms with van der Waals surface area (Å²) >= 11 is 0. The summed E-state index contributed by atoms with van der Waals surface area (Å²) in [6, 6.07) is -0.346. The molecular formula is C13H18N6O6S. The molecule has 1 aromatic rings. The lowest BCUT2D eigenvalue weighted by atomic mass is 10.00. The number of urea groups is 1. The fraction of sp³-hybridized carbons (Fsp3) is 0.538. The second-order valence-electron chi connectivity index (χ2n) is 6.13. The summed E-state index contributed by atoms with van der Waals surface area (Å²) in [6.07, 6.45) is 2.40. The molecule has 0 aromatic carbocycles. The predicted molar refractivity (Wildman–Crippen MR) is 86.2 cm³/mol. The first-order valence-electron chi connectivity index (χ1n) is 7.77. The maximum absolute atomic E-state index is 12.3. The van der Waals surface area contributed by atoms with Gasteiger partial charge in [0.15, 0.2) is 0 Å². The highest BCUT2D eigenvalue weighted by molar-refractivity contribution is 7.80. The van der Waals surface area contributed by atoms with Crippen molar-refractivity contribution in [2.24, 2.45) is 7.05 Å². The molecule has 2 fully saturated rings. The highest BCUT2D eigenvalue weighted by atomic mass is 32.3. The van der Waals surface area contributed by atoms with E-state index >= 15 is 0 Å². The lowest BCUT2D eigenvalue weighted by molar-refractivity contribution is -0.119. The zero-order valence-electron chi connectivity index (χ0n) is 13.8. The normalized spacial score (nSPS) is 22.6. The van der Waals surface area contributed by atoms with Crippen LogP contribution in [0, 0.1) is 5.41 Å². The molecule has 2 atom stereocenters. The average Bonchev–Trinajstić information content (AvgIpc) is 3.03. The number of carbonyl (C=O) groups is 2. The lowest BCUT2D eigenvalue weighted by Gasteiger charge is -2.30. The van der Waals surface area contributed by atoms with E-state index in [2.05, 4.69) is 14.7 Å². The van der Waals surface area contributed by atoms with Crippen molar-refractivity contribution >= 4 is 28.2 Å². The summed E-state index contributed by atoms with van der Waals surface area (Å²) in [6.45, 7) is 0.136. The van der Waals surface area contributed by atoms with Crippen LogP contribution in [0.25, 0.3) is 0 Å². The number of fused-ring (bicyclic) bond motifs is 2. The molecule has 0 unspecified atom stereocenters. The van der Waals surface area contributed by atoms with Crippen molar-refractivity contribution in [1.82, 2.24) is 25.1 Å². The molecule has 2 bridgehead atoms. The highest BCUT2D eigenvalue weighted by Crippen LogP contribution is 2.30. The Labute approximate surface area is 149 Å². The van der Waals surface area contributed by atoms with E-state index in [9.17, 15) is 18.0 Å². The van der Waals surface area contributed by atoms with Gasteiger partial charge in [-0.1, -0.05) is 0 Å². The van der Waals surface area contributed by atoms with E-state index in [-0.39, 0.29) is 18.8 Å². The third kappa shape index (κ3) is 3.84. The molecule has 2 aliphatic rings. The number of hydroxylamine groups is 2. The molecule has 13 heteroatoms. The molecule has 2 saturated heterocycles. The van der Waals surface area contributed by atoms with E-state index in [1.54, 1.807) is 24.0 Å². The molecule has 3 N–H and O–H groups in total. The van der Waals surface area contributed by atoms with E-state index in [1.165, 1.54) is 4.90 Å². The summed E-state index contributed by atoms with van der Waals surface area (Å²) in [5.74, 6) is -0.597. The van der Waals surface area contributed by atoms with Gasteiger partial charge in [0.05, 0.1) is 24.2 Å². The minimum Gasteiger partial charge on any atom is -0.313 e. The van der Waals surface area contributed by atoms with Gasteiger partial charge in [-0.15, -0.1) is 4.28 Å². The molecule has 0 radical (unpaired) electrons. The standard InChI is InChI=1S/C13H18N6O6S/c1-17-5-4-8(16-17)6-11(20)15-12(14)10-3-2-9-7-18(10)13(21)19(9)25-26(22,23)24/h4-5,9-10H,2-3,6-7H2,1H3,(H2,14,15,20)(H,22,23,24)/t9-,10+/m1/s1. The van der Waals surface area contributed by atoms with Gasteiger partial charge in [-0.05, 0) is 18.9 Å². The largest absolute Gasteiger partial charge is 0.418 e. The van der Waals surface area contributed by atoms with Gasteiger partial charge in [0.25, 0.3) is 0 Å².